The molecule has 36 heavy (non-hydrogen) atoms. The van der Waals surface area contributed by atoms with Crippen molar-refractivity contribution in [3.8, 4) is 16.9 Å². The standard InChI is InChI=1S/C21H15ClN2S.C7H4Cl2O2/c22-17-13-11-16(12-14-17)20-15-25-21(23-18-7-3-1-4-8-18)24(20)19-9-5-2-6-10-19;8-4-1-2-5(7(10)11)6(9)3-4/h1-15H;1-3H,(H,10,11)/p+1. The minimum atomic E-state index is -1.05. The number of thiazole rings is 1. The number of carboxylic acids is 1. The van der Waals surface area contributed by atoms with Gasteiger partial charge in [-0.05, 0) is 66.7 Å². The molecule has 0 aliphatic carbocycles. The molecule has 0 unspecified atom stereocenters. The topological polar surface area (TPSA) is 53.2 Å². The molecule has 1 aromatic heterocycles. The lowest BCUT2D eigenvalue weighted by Gasteiger charge is -2.06. The molecule has 4 nitrogen and oxygen atoms in total. The first-order valence-corrected chi connectivity index (χ1v) is 12.8. The Hall–Kier alpha value is -3.35. The van der Waals surface area contributed by atoms with Crippen LogP contribution >= 0.6 is 46.1 Å². The Labute approximate surface area is 228 Å². The van der Waals surface area contributed by atoms with Gasteiger partial charge < -0.3 is 5.11 Å². The third-order valence-corrected chi connectivity index (χ3v) is 6.72. The SMILES string of the molecule is Clc1ccc(-c2csc(Nc3ccccc3)[n+]2-c2ccccc2)cc1.O=C(O)c1ccc(Cl)cc1Cl. The number of carbonyl (C=O) groups is 1. The molecule has 2 N–H and O–H groups in total. The minimum Gasteiger partial charge on any atom is -0.478 e. The number of benzene rings is 4. The molecule has 0 amide bonds. The van der Waals surface area contributed by atoms with Crippen LogP contribution in [0, 0.1) is 0 Å². The second kappa shape index (κ2) is 12.1. The molecule has 0 bridgehead atoms. The molecule has 0 aliphatic heterocycles. The maximum atomic E-state index is 10.4. The van der Waals surface area contributed by atoms with Crippen LogP contribution in [0.5, 0.6) is 0 Å². The van der Waals surface area contributed by atoms with Gasteiger partial charge in [-0.3, -0.25) is 0 Å². The fourth-order valence-electron chi connectivity index (χ4n) is 3.37. The first-order chi connectivity index (χ1) is 17.4. The fraction of sp³-hybridized carbons (Fsp3) is 0. The number of hydrogen-bond donors (Lipinski definition) is 2. The molecule has 0 spiro atoms. The van der Waals surface area contributed by atoms with Crippen molar-refractivity contribution in [3.63, 3.8) is 0 Å². The van der Waals surface area contributed by atoms with Crippen LogP contribution in [0.1, 0.15) is 10.4 Å². The van der Waals surface area contributed by atoms with E-state index >= 15 is 0 Å². The predicted octanol–water partition coefficient (Wildman–Crippen LogP) is 8.78. The quantitative estimate of drug-likeness (QED) is 0.213. The molecule has 0 saturated carbocycles. The van der Waals surface area contributed by atoms with E-state index in [0.29, 0.717) is 5.02 Å². The van der Waals surface area contributed by atoms with Crippen molar-refractivity contribution in [2.75, 3.05) is 5.32 Å². The molecule has 180 valence electrons. The van der Waals surface area contributed by atoms with E-state index in [2.05, 4.69) is 63.8 Å². The lowest BCUT2D eigenvalue weighted by molar-refractivity contribution is -0.563. The van der Waals surface area contributed by atoms with Gasteiger partial charge >= 0.3 is 11.1 Å². The number of hydrogen-bond acceptors (Lipinski definition) is 3. The zero-order chi connectivity index (χ0) is 25.5. The Morgan fingerprint density at radius 3 is 2.00 bits per heavy atom. The van der Waals surface area contributed by atoms with Crippen molar-refractivity contribution in [3.05, 3.63) is 129 Å². The van der Waals surface area contributed by atoms with Gasteiger partial charge in [0.2, 0.25) is 0 Å². The summed E-state index contributed by atoms with van der Waals surface area (Å²) in [5, 5.41) is 16.6. The molecule has 5 aromatic rings. The highest BCUT2D eigenvalue weighted by atomic mass is 35.5. The van der Waals surface area contributed by atoms with E-state index in [9.17, 15) is 4.79 Å². The Morgan fingerprint density at radius 2 is 1.39 bits per heavy atom. The lowest BCUT2D eigenvalue weighted by atomic mass is 10.1. The Balaban J connectivity index is 0.000000233. The summed E-state index contributed by atoms with van der Waals surface area (Å²) in [6.45, 7) is 0. The van der Waals surface area contributed by atoms with Crippen LogP contribution in [-0.2, 0) is 0 Å². The maximum absolute atomic E-state index is 10.4. The van der Waals surface area contributed by atoms with Crippen molar-refractivity contribution in [2.24, 2.45) is 0 Å². The summed E-state index contributed by atoms with van der Waals surface area (Å²) in [4.78, 5) is 10.4. The number of aromatic nitrogens is 1. The number of anilines is 2. The van der Waals surface area contributed by atoms with Crippen LogP contribution in [0.2, 0.25) is 15.1 Å². The third kappa shape index (κ3) is 6.45. The molecule has 0 aliphatic rings. The van der Waals surface area contributed by atoms with Gasteiger partial charge in [0.1, 0.15) is 11.4 Å². The Morgan fingerprint density at radius 1 is 0.778 bits per heavy atom. The summed E-state index contributed by atoms with van der Waals surface area (Å²) in [5.74, 6) is -1.05. The van der Waals surface area contributed by atoms with Crippen LogP contribution in [0.15, 0.2) is 109 Å². The van der Waals surface area contributed by atoms with Crippen LogP contribution in [0.4, 0.5) is 10.8 Å². The number of halogens is 3. The van der Waals surface area contributed by atoms with Gasteiger partial charge in [0.05, 0.1) is 10.6 Å². The number of carboxylic acid groups (broad SMARTS) is 1. The number of aromatic carboxylic acids is 1. The summed E-state index contributed by atoms with van der Waals surface area (Å²) < 4.78 is 2.24. The average Bonchev–Trinajstić information content (AvgIpc) is 3.29. The molecular formula is C28H20Cl3N2O2S+. The summed E-state index contributed by atoms with van der Waals surface area (Å²) in [6, 6.07) is 32.8. The molecule has 0 radical (unpaired) electrons. The highest BCUT2D eigenvalue weighted by Crippen LogP contribution is 2.28. The highest BCUT2D eigenvalue weighted by molar-refractivity contribution is 7.13. The summed E-state index contributed by atoms with van der Waals surface area (Å²) in [5.41, 5.74) is 4.51. The van der Waals surface area contributed by atoms with Gasteiger partial charge in [0.15, 0.2) is 5.69 Å². The van der Waals surface area contributed by atoms with Crippen LogP contribution in [0.3, 0.4) is 0 Å². The number of nitrogens with zero attached hydrogens (tertiary/aromatic N) is 1. The monoisotopic (exact) mass is 553 g/mol. The normalized spacial score (nSPS) is 10.3. The smallest absolute Gasteiger partial charge is 0.344 e. The lowest BCUT2D eigenvalue weighted by Crippen LogP contribution is -2.33. The summed E-state index contributed by atoms with van der Waals surface area (Å²) in [6.07, 6.45) is 0. The molecule has 8 heteroatoms. The van der Waals surface area contributed by atoms with Gasteiger partial charge in [-0.1, -0.05) is 82.5 Å². The first-order valence-electron chi connectivity index (χ1n) is 10.8. The van der Waals surface area contributed by atoms with E-state index in [-0.39, 0.29) is 10.6 Å². The Bertz CT molecular complexity index is 1460. The van der Waals surface area contributed by atoms with Crippen molar-refractivity contribution in [1.29, 1.82) is 0 Å². The molecular weight excluding hydrogens is 535 g/mol. The number of nitrogens with one attached hydrogen (secondary N) is 1. The number of rotatable bonds is 5. The van der Waals surface area contributed by atoms with E-state index in [1.807, 2.05) is 36.4 Å². The predicted molar refractivity (Wildman–Crippen MR) is 149 cm³/mol. The fourth-order valence-corrected chi connectivity index (χ4v) is 4.94. The zero-order valence-corrected chi connectivity index (χ0v) is 21.8. The molecule has 0 atom stereocenters. The number of para-hydroxylation sites is 2. The maximum Gasteiger partial charge on any atom is 0.344 e. The largest absolute Gasteiger partial charge is 0.478 e. The van der Waals surface area contributed by atoms with Crippen molar-refractivity contribution in [1.82, 2.24) is 0 Å². The Kier molecular flexibility index (Phi) is 8.62. The second-order valence-electron chi connectivity index (χ2n) is 7.52. The van der Waals surface area contributed by atoms with E-state index in [1.165, 1.54) is 18.2 Å². The van der Waals surface area contributed by atoms with Crippen LogP contribution in [-0.4, -0.2) is 11.1 Å². The minimum absolute atomic E-state index is 0.0658. The molecule has 0 fully saturated rings. The first kappa shape index (κ1) is 25.7. The summed E-state index contributed by atoms with van der Waals surface area (Å²) >= 11 is 18.8. The van der Waals surface area contributed by atoms with Gasteiger partial charge in [-0.2, -0.15) is 4.57 Å². The van der Waals surface area contributed by atoms with Gasteiger partial charge in [0, 0.05) is 21.0 Å². The van der Waals surface area contributed by atoms with Crippen molar-refractivity contribution < 1.29 is 14.5 Å². The zero-order valence-electron chi connectivity index (χ0n) is 18.7. The van der Waals surface area contributed by atoms with E-state index in [1.54, 1.807) is 11.3 Å². The molecule has 1 heterocycles. The van der Waals surface area contributed by atoms with E-state index in [4.69, 9.17) is 39.9 Å². The van der Waals surface area contributed by atoms with E-state index in [0.717, 1.165) is 32.8 Å². The average molecular weight is 555 g/mol. The summed E-state index contributed by atoms with van der Waals surface area (Å²) in [7, 11) is 0. The van der Waals surface area contributed by atoms with Crippen LogP contribution in [0.25, 0.3) is 16.9 Å². The second-order valence-corrected chi connectivity index (χ2v) is 9.66. The van der Waals surface area contributed by atoms with Gasteiger partial charge in [-0.15, -0.1) is 0 Å². The van der Waals surface area contributed by atoms with E-state index < -0.39 is 5.97 Å². The molecule has 4 aromatic carbocycles. The molecule has 0 saturated heterocycles. The van der Waals surface area contributed by atoms with Gasteiger partial charge in [-0.25, -0.2) is 10.1 Å². The van der Waals surface area contributed by atoms with Crippen LogP contribution < -0.4 is 9.88 Å². The van der Waals surface area contributed by atoms with Gasteiger partial charge in [0.25, 0.3) is 0 Å². The third-order valence-electron chi connectivity index (χ3n) is 5.07. The highest BCUT2D eigenvalue weighted by Gasteiger charge is 2.21. The van der Waals surface area contributed by atoms with Crippen molar-refractivity contribution >= 4 is 62.9 Å². The molecule has 5 rings (SSSR count). The van der Waals surface area contributed by atoms with Crippen molar-refractivity contribution in [2.45, 2.75) is 0 Å².